The van der Waals surface area contributed by atoms with Gasteiger partial charge in [0.1, 0.15) is 11.6 Å². The molecule has 0 bridgehead atoms. The van der Waals surface area contributed by atoms with Gasteiger partial charge < -0.3 is 5.11 Å². The molecule has 0 aliphatic rings. The summed E-state index contributed by atoms with van der Waals surface area (Å²) in [6, 6.07) is 14.4. The number of hydrogen-bond acceptors (Lipinski definition) is 7. The molecule has 2 N–H and O–H groups in total. The summed E-state index contributed by atoms with van der Waals surface area (Å²) in [4.78, 5) is 25.0. The Balaban J connectivity index is 2.22. The molecule has 2 aromatic carbocycles. The number of azo groups is 1. The van der Waals surface area contributed by atoms with E-state index in [4.69, 9.17) is 0 Å². The third kappa shape index (κ3) is 3.47. The summed E-state index contributed by atoms with van der Waals surface area (Å²) in [6.07, 6.45) is 0. The summed E-state index contributed by atoms with van der Waals surface area (Å²) >= 11 is 0. The van der Waals surface area contributed by atoms with Crippen molar-refractivity contribution in [3.63, 3.8) is 0 Å². The summed E-state index contributed by atoms with van der Waals surface area (Å²) in [6.45, 7) is 1.69. The molecule has 0 atom stereocenters. The lowest BCUT2D eigenvalue weighted by atomic mass is 10.00. The molecular formula is C19H13N5O4. The van der Waals surface area contributed by atoms with Gasteiger partial charge in [0, 0.05) is 17.7 Å². The van der Waals surface area contributed by atoms with E-state index in [-0.39, 0.29) is 28.2 Å². The van der Waals surface area contributed by atoms with Crippen LogP contribution in [0.25, 0.3) is 11.1 Å². The molecule has 0 spiro atoms. The highest BCUT2D eigenvalue weighted by Gasteiger charge is 2.19. The molecule has 0 aliphatic heterocycles. The van der Waals surface area contributed by atoms with E-state index in [2.05, 4.69) is 15.2 Å². The summed E-state index contributed by atoms with van der Waals surface area (Å²) in [5.41, 5.74) is 0.177. The number of aromatic nitrogens is 1. The monoisotopic (exact) mass is 375 g/mol. The van der Waals surface area contributed by atoms with Gasteiger partial charge in [-0.1, -0.05) is 36.4 Å². The first-order valence-corrected chi connectivity index (χ1v) is 8.04. The van der Waals surface area contributed by atoms with Crippen molar-refractivity contribution in [2.24, 2.45) is 10.2 Å². The van der Waals surface area contributed by atoms with Gasteiger partial charge in [0.25, 0.3) is 11.2 Å². The molecule has 0 unspecified atom stereocenters. The Bertz CT molecular complexity index is 1190. The van der Waals surface area contributed by atoms with Gasteiger partial charge in [0.2, 0.25) is 5.88 Å². The van der Waals surface area contributed by atoms with Crippen molar-refractivity contribution in [2.45, 2.75) is 6.92 Å². The van der Waals surface area contributed by atoms with Crippen LogP contribution in [0.4, 0.5) is 17.1 Å². The second kappa shape index (κ2) is 7.51. The second-order valence-electron chi connectivity index (χ2n) is 5.81. The Kier molecular flexibility index (Phi) is 4.95. The van der Waals surface area contributed by atoms with E-state index in [0.29, 0.717) is 11.1 Å². The molecule has 0 aliphatic carbocycles. The van der Waals surface area contributed by atoms with Crippen LogP contribution >= 0.6 is 0 Å². The van der Waals surface area contributed by atoms with Gasteiger partial charge in [-0.05, 0) is 18.1 Å². The van der Waals surface area contributed by atoms with Gasteiger partial charge in [0.15, 0.2) is 5.69 Å². The van der Waals surface area contributed by atoms with Gasteiger partial charge in [-0.25, -0.2) is 0 Å². The first-order chi connectivity index (χ1) is 13.4. The average molecular weight is 375 g/mol. The van der Waals surface area contributed by atoms with E-state index < -0.39 is 16.4 Å². The molecular weight excluding hydrogens is 362 g/mol. The lowest BCUT2D eigenvalue weighted by Crippen LogP contribution is -2.08. The van der Waals surface area contributed by atoms with E-state index in [1.54, 1.807) is 37.3 Å². The van der Waals surface area contributed by atoms with Crippen molar-refractivity contribution in [3.8, 4) is 23.1 Å². The van der Waals surface area contributed by atoms with Gasteiger partial charge in [-0.3, -0.25) is 19.9 Å². The van der Waals surface area contributed by atoms with Crippen molar-refractivity contribution in [2.75, 3.05) is 0 Å². The maximum Gasteiger partial charge on any atom is 0.279 e. The number of nitriles is 1. The Morgan fingerprint density at radius 1 is 1.18 bits per heavy atom. The normalized spacial score (nSPS) is 10.7. The number of nitro benzene ring substituents is 1. The molecule has 0 radical (unpaired) electrons. The summed E-state index contributed by atoms with van der Waals surface area (Å²) < 4.78 is 0. The fraction of sp³-hybridized carbons (Fsp3) is 0.0526. The van der Waals surface area contributed by atoms with Crippen LogP contribution in [0.3, 0.4) is 0 Å². The largest absolute Gasteiger partial charge is 0.494 e. The Morgan fingerprint density at radius 2 is 1.89 bits per heavy atom. The third-order valence-corrected chi connectivity index (χ3v) is 4.01. The van der Waals surface area contributed by atoms with Crippen LogP contribution in [0.1, 0.15) is 11.1 Å². The zero-order valence-electron chi connectivity index (χ0n) is 14.6. The fourth-order valence-electron chi connectivity index (χ4n) is 2.59. The highest BCUT2D eigenvalue weighted by Crippen LogP contribution is 2.35. The number of aromatic amines is 1. The SMILES string of the molecule is Cc1ccc([N+](=O)[O-])cc1N=Nc1c(-c2ccccc2)c(C#N)c(O)[nH]c1=O. The molecule has 1 aromatic heterocycles. The van der Waals surface area contributed by atoms with Gasteiger partial charge in [-0.2, -0.15) is 5.26 Å². The number of nitrogens with one attached hydrogen (secondary N) is 1. The molecule has 0 fully saturated rings. The lowest BCUT2D eigenvalue weighted by Gasteiger charge is -2.08. The van der Waals surface area contributed by atoms with Crippen LogP contribution in [0.15, 0.2) is 63.6 Å². The van der Waals surface area contributed by atoms with Crippen LogP contribution in [-0.4, -0.2) is 15.0 Å². The molecule has 9 nitrogen and oxygen atoms in total. The van der Waals surface area contributed by atoms with Crippen LogP contribution < -0.4 is 5.56 Å². The fourth-order valence-corrected chi connectivity index (χ4v) is 2.59. The minimum Gasteiger partial charge on any atom is -0.494 e. The maximum atomic E-state index is 12.4. The zero-order chi connectivity index (χ0) is 20.3. The molecule has 138 valence electrons. The molecule has 3 aromatic rings. The van der Waals surface area contributed by atoms with Gasteiger partial charge in [0.05, 0.1) is 10.6 Å². The molecule has 3 rings (SSSR count). The molecule has 28 heavy (non-hydrogen) atoms. The summed E-state index contributed by atoms with van der Waals surface area (Å²) in [5.74, 6) is -0.572. The Labute approximate surface area is 158 Å². The van der Waals surface area contributed by atoms with E-state index in [1.807, 2.05) is 6.07 Å². The molecule has 0 amide bonds. The zero-order valence-corrected chi connectivity index (χ0v) is 14.6. The number of nitro groups is 1. The van der Waals surface area contributed by atoms with Crippen molar-refractivity contribution in [1.82, 2.24) is 4.98 Å². The molecule has 0 saturated carbocycles. The van der Waals surface area contributed by atoms with Crippen molar-refractivity contribution < 1.29 is 10.0 Å². The summed E-state index contributed by atoms with van der Waals surface area (Å²) in [5, 5.41) is 38.3. The average Bonchev–Trinajstić information content (AvgIpc) is 2.68. The van der Waals surface area contributed by atoms with E-state index >= 15 is 0 Å². The van der Waals surface area contributed by atoms with E-state index in [9.17, 15) is 25.3 Å². The minimum atomic E-state index is -0.748. The minimum absolute atomic E-state index is 0.121. The van der Waals surface area contributed by atoms with Crippen molar-refractivity contribution >= 4 is 17.1 Å². The van der Waals surface area contributed by atoms with Gasteiger partial charge >= 0.3 is 0 Å². The Morgan fingerprint density at radius 3 is 2.54 bits per heavy atom. The third-order valence-electron chi connectivity index (χ3n) is 4.01. The standard InChI is InChI=1S/C19H13N5O4/c1-11-7-8-13(24(27)28)9-15(11)22-23-17-16(12-5-3-2-4-6-12)14(10-20)18(25)21-19(17)26/h2-9H,1H3,(H2,21,25,26). The van der Waals surface area contributed by atoms with E-state index in [0.717, 1.165) is 0 Å². The van der Waals surface area contributed by atoms with Crippen molar-refractivity contribution in [3.05, 3.63) is 80.1 Å². The van der Waals surface area contributed by atoms with Gasteiger partial charge in [-0.15, -0.1) is 10.2 Å². The second-order valence-corrected chi connectivity index (χ2v) is 5.81. The Hall–Kier alpha value is -4.32. The number of benzene rings is 2. The molecule has 1 heterocycles. The first kappa shape index (κ1) is 18.5. The number of aryl methyl sites for hydroxylation is 1. The smallest absolute Gasteiger partial charge is 0.279 e. The number of aromatic hydroxyl groups is 1. The molecule has 0 saturated heterocycles. The number of H-pyrrole nitrogens is 1. The molecule has 9 heteroatoms. The van der Waals surface area contributed by atoms with Crippen LogP contribution in [0.2, 0.25) is 0 Å². The summed E-state index contributed by atoms with van der Waals surface area (Å²) in [7, 11) is 0. The predicted molar refractivity (Wildman–Crippen MR) is 101 cm³/mol. The number of non-ortho nitro benzene ring substituents is 1. The van der Waals surface area contributed by atoms with Crippen molar-refractivity contribution in [1.29, 1.82) is 5.26 Å². The number of pyridine rings is 1. The van der Waals surface area contributed by atoms with Crippen LogP contribution in [0.5, 0.6) is 5.88 Å². The highest BCUT2D eigenvalue weighted by molar-refractivity contribution is 5.82. The maximum absolute atomic E-state index is 12.4. The quantitative estimate of drug-likeness (QED) is 0.398. The number of hydrogen-bond donors (Lipinski definition) is 2. The first-order valence-electron chi connectivity index (χ1n) is 8.04. The number of nitrogens with zero attached hydrogens (tertiary/aromatic N) is 4. The number of rotatable bonds is 4. The predicted octanol–water partition coefficient (Wildman–Crippen LogP) is 4.25. The highest BCUT2D eigenvalue weighted by atomic mass is 16.6. The van der Waals surface area contributed by atoms with Crippen LogP contribution in [-0.2, 0) is 0 Å². The van der Waals surface area contributed by atoms with Crippen LogP contribution in [0, 0.1) is 28.4 Å². The lowest BCUT2D eigenvalue weighted by molar-refractivity contribution is -0.384. The topological polar surface area (TPSA) is 145 Å². The van der Waals surface area contributed by atoms with E-state index in [1.165, 1.54) is 18.2 Å².